The van der Waals surface area contributed by atoms with Crippen molar-refractivity contribution in [3.63, 3.8) is 0 Å². The SMILES string of the molecule is COc1ccc([C@@H]2CN(C)C(=O)[C@H]2NC(=O)Nc2ccc(F)cc2)cc1. The molecule has 2 aromatic carbocycles. The summed E-state index contributed by atoms with van der Waals surface area (Å²) in [4.78, 5) is 26.3. The van der Waals surface area contributed by atoms with Crippen molar-refractivity contribution in [3.8, 4) is 5.75 Å². The molecule has 2 N–H and O–H groups in total. The Labute approximate surface area is 150 Å². The van der Waals surface area contributed by atoms with E-state index in [0.29, 0.717) is 12.2 Å². The van der Waals surface area contributed by atoms with Crippen LogP contribution in [0.4, 0.5) is 14.9 Å². The number of rotatable bonds is 4. The van der Waals surface area contributed by atoms with E-state index in [-0.39, 0.29) is 17.6 Å². The van der Waals surface area contributed by atoms with Gasteiger partial charge in [-0.05, 0) is 42.0 Å². The van der Waals surface area contributed by atoms with E-state index in [1.54, 1.807) is 19.1 Å². The first-order valence-electron chi connectivity index (χ1n) is 8.20. The number of likely N-dealkylation sites (tertiary alicyclic amines) is 1. The molecule has 26 heavy (non-hydrogen) atoms. The Hall–Kier alpha value is -3.09. The van der Waals surface area contributed by atoms with E-state index >= 15 is 0 Å². The Kier molecular flexibility index (Phi) is 5.06. The van der Waals surface area contributed by atoms with Crippen molar-refractivity contribution in [2.45, 2.75) is 12.0 Å². The molecule has 7 heteroatoms. The Morgan fingerprint density at radius 2 is 1.81 bits per heavy atom. The summed E-state index contributed by atoms with van der Waals surface area (Å²) in [6.45, 7) is 0.507. The summed E-state index contributed by atoms with van der Waals surface area (Å²) in [5, 5.41) is 5.35. The van der Waals surface area contributed by atoms with Crippen LogP contribution in [0.15, 0.2) is 48.5 Å². The van der Waals surface area contributed by atoms with Gasteiger partial charge in [0.05, 0.1) is 7.11 Å². The van der Waals surface area contributed by atoms with Gasteiger partial charge in [-0.3, -0.25) is 4.79 Å². The minimum Gasteiger partial charge on any atom is -0.497 e. The molecular formula is C19H20FN3O3. The second-order valence-corrected chi connectivity index (χ2v) is 6.18. The summed E-state index contributed by atoms with van der Waals surface area (Å²) in [6.07, 6.45) is 0. The van der Waals surface area contributed by atoms with Gasteiger partial charge in [0.25, 0.3) is 0 Å². The fraction of sp³-hybridized carbons (Fsp3) is 0.263. The topological polar surface area (TPSA) is 70.7 Å². The Balaban J connectivity index is 1.73. The molecule has 3 amide bonds. The minimum absolute atomic E-state index is 0.153. The number of hydrogen-bond donors (Lipinski definition) is 2. The number of nitrogens with zero attached hydrogens (tertiary/aromatic N) is 1. The molecule has 1 heterocycles. The first-order chi connectivity index (χ1) is 12.5. The third-order valence-electron chi connectivity index (χ3n) is 4.45. The molecule has 0 bridgehead atoms. The summed E-state index contributed by atoms with van der Waals surface area (Å²) in [5.41, 5.74) is 1.39. The molecule has 1 aliphatic heterocycles. The van der Waals surface area contributed by atoms with Crippen LogP contribution >= 0.6 is 0 Å². The van der Waals surface area contributed by atoms with E-state index in [0.717, 1.165) is 11.3 Å². The Morgan fingerprint density at radius 3 is 2.42 bits per heavy atom. The van der Waals surface area contributed by atoms with Crippen molar-refractivity contribution in [2.24, 2.45) is 0 Å². The lowest BCUT2D eigenvalue weighted by atomic mass is 9.94. The van der Waals surface area contributed by atoms with Gasteiger partial charge in [0.15, 0.2) is 0 Å². The van der Waals surface area contributed by atoms with Gasteiger partial charge in [0, 0.05) is 25.2 Å². The molecule has 2 aromatic rings. The van der Waals surface area contributed by atoms with Crippen molar-refractivity contribution in [2.75, 3.05) is 26.0 Å². The third kappa shape index (κ3) is 3.77. The molecule has 3 rings (SSSR count). The molecule has 6 nitrogen and oxygen atoms in total. The zero-order valence-electron chi connectivity index (χ0n) is 14.5. The van der Waals surface area contributed by atoms with Gasteiger partial charge in [-0.1, -0.05) is 12.1 Å². The number of halogens is 1. The highest BCUT2D eigenvalue weighted by Gasteiger charge is 2.40. The van der Waals surface area contributed by atoms with Crippen LogP contribution in [-0.4, -0.2) is 43.6 Å². The average Bonchev–Trinajstić information content (AvgIpc) is 2.92. The molecule has 1 fully saturated rings. The number of urea groups is 1. The normalized spacial score (nSPS) is 19.3. The first kappa shape index (κ1) is 17.7. The van der Waals surface area contributed by atoms with Crippen molar-refractivity contribution >= 4 is 17.6 Å². The zero-order valence-corrected chi connectivity index (χ0v) is 14.5. The van der Waals surface area contributed by atoms with Gasteiger partial charge < -0.3 is 20.3 Å². The minimum atomic E-state index is -0.672. The number of anilines is 1. The van der Waals surface area contributed by atoms with Gasteiger partial charge in [0.1, 0.15) is 17.6 Å². The predicted octanol–water partition coefficient (Wildman–Crippen LogP) is 2.58. The van der Waals surface area contributed by atoms with Crippen molar-refractivity contribution in [1.29, 1.82) is 0 Å². The number of carbonyl (C=O) groups is 2. The lowest BCUT2D eigenvalue weighted by molar-refractivity contribution is -0.128. The zero-order chi connectivity index (χ0) is 18.7. The highest BCUT2D eigenvalue weighted by Crippen LogP contribution is 2.29. The summed E-state index contributed by atoms with van der Waals surface area (Å²) in [6, 6.07) is 11.7. The largest absolute Gasteiger partial charge is 0.497 e. The number of carbonyl (C=O) groups excluding carboxylic acids is 2. The molecule has 0 saturated carbocycles. The molecule has 0 unspecified atom stereocenters. The van der Waals surface area contributed by atoms with Crippen LogP contribution in [0, 0.1) is 5.82 Å². The van der Waals surface area contributed by atoms with Gasteiger partial charge in [-0.15, -0.1) is 0 Å². The van der Waals surface area contributed by atoms with Crippen molar-refractivity contribution in [1.82, 2.24) is 10.2 Å². The molecule has 0 aliphatic carbocycles. The van der Waals surface area contributed by atoms with Gasteiger partial charge in [-0.2, -0.15) is 0 Å². The fourth-order valence-electron chi connectivity index (χ4n) is 3.05. The summed E-state index contributed by atoms with van der Waals surface area (Å²) in [7, 11) is 3.30. The second kappa shape index (κ2) is 7.43. The maximum Gasteiger partial charge on any atom is 0.319 e. The molecule has 1 saturated heterocycles. The lowest BCUT2D eigenvalue weighted by Crippen LogP contribution is -2.44. The Bertz CT molecular complexity index is 793. The maximum absolute atomic E-state index is 13.0. The quantitative estimate of drug-likeness (QED) is 0.884. The smallest absolute Gasteiger partial charge is 0.319 e. The van der Waals surface area contributed by atoms with Crippen LogP contribution < -0.4 is 15.4 Å². The number of likely N-dealkylation sites (N-methyl/N-ethyl adjacent to an activating group) is 1. The second-order valence-electron chi connectivity index (χ2n) is 6.18. The molecule has 0 radical (unpaired) electrons. The number of ether oxygens (including phenoxy) is 1. The van der Waals surface area contributed by atoms with Crippen LogP contribution in [0.1, 0.15) is 11.5 Å². The van der Waals surface area contributed by atoms with Crippen LogP contribution in [0.2, 0.25) is 0 Å². The predicted molar refractivity (Wildman–Crippen MR) is 95.7 cm³/mol. The molecule has 2 atom stereocenters. The first-order valence-corrected chi connectivity index (χ1v) is 8.20. The monoisotopic (exact) mass is 357 g/mol. The van der Waals surface area contributed by atoms with Gasteiger partial charge in [-0.25, -0.2) is 9.18 Å². The standard InChI is InChI=1S/C19H20FN3O3/c1-23-11-16(12-3-9-15(26-2)10-4-12)17(18(23)24)22-19(25)21-14-7-5-13(20)6-8-14/h3-10,16-17H,11H2,1-2H3,(H2,21,22,25)/t16-,17-/m0/s1. The van der Waals surface area contributed by atoms with E-state index in [9.17, 15) is 14.0 Å². The maximum atomic E-state index is 13.0. The molecule has 1 aliphatic rings. The summed E-state index contributed by atoms with van der Waals surface area (Å²) in [5.74, 6) is 0.0190. The van der Waals surface area contributed by atoms with E-state index < -0.39 is 12.1 Å². The number of nitrogens with one attached hydrogen (secondary N) is 2. The molecule has 0 aromatic heterocycles. The van der Waals surface area contributed by atoms with Crippen LogP contribution in [0.3, 0.4) is 0 Å². The number of hydrogen-bond acceptors (Lipinski definition) is 3. The van der Waals surface area contributed by atoms with Crippen molar-refractivity contribution in [3.05, 3.63) is 59.9 Å². The van der Waals surface area contributed by atoms with Crippen molar-refractivity contribution < 1.29 is 18.7 Å². The molecule has 0 spiro atoms. The van der Waals surface area contributed by atoms with Crippen LogP contribution in [0.25, 0.3) is 0 Å². The van der Waals surface area contributed by atoms with Gasteiger partial charge >= 0.3 is 6.03 Å². The van der Waals surface area contributed by atoms with E-state index in [1.807, 2.05) is 24.3 Å². The molecule has 136 valence electrons. The summed E-state index contributed by atoms with van der Waals surface area (Å²) < 4.78 is 18.1. The number of amides is 3. The van der Waals surface area contributed by atoms with Crippen LogP contribution in [0.5, 0.6) is 5.75 Å². The van der Waals surface area contributed by atoms with E-state index in [4.69, 9.17) is 4.74 Å². The van der Waals surface area contributed by atoms with E-state index in [1.165, 1.54) is 24.3 Å². The highest BCUT2D eigenvalue weighted by molar-refractivity contribution is 5.95. The third-order valence-corrected chi connectivity index (χ3v) is 4.45. The number of benzene rings is 2. The fourth-order valence-corrected chi connectivity index (χ4v) is 3.05. The summed E-state index contributed by atoms with van der Waals surface area (Å²) >= 11 is 0. The number of methoxy groups -OCH3 is 1. The average molecular weight is 357 g/mol. The molecular weight excluding hydrogens is 337 g/mol. The van der Waals surface area contributed by atoms with Crippen LogP contribution in [-0.2, 0) is 4.79 Å². The van der Waals surface area contributed by atoms with E-state index in [2.05, 4.69) is 10.6 Å². The highest BCUT2D eigenvalue weighted by atomic mass is 19.1. The Morgan fingerprint density at radius 1 is 1.15 bits per heavy atom. The van der Waals surface area contributed by atoms with Gasteiger partial charge in [0.2, 0.25) is 5.91 Å². The lowest BCUT2D eigenvalue weighted by Gasteiger charge is -2.19.